The molecule has 1 rings (SSSR count). The molecule has 0 atom stereocenters. The van der Waals surface area contributed by atoms with Crippen LogP contribution in [0.5, 0.6) is 0 Å². The highest BCUT2D eigenvalue weighted by Crippen LogP contribution is 2.18. The van der Waals surface area contributed by atoms with Crippen molar-refractivity contribution in [3.8, 4) is 0 Å². The van der Waals surface area contributed by atoms with Crippen molar-refractivity contribution in [1.82, 2.24) is 0 Å². The lowest BCUT2D eigenvalue weighted by molar-refractivity contribution is -0.107. The van der Waals surface area contributed by atoms with E-state index in [2.05, 4.69) is 6.92 Å². The van der Waals surface area contributed by atoms with Crippen LogP contribution in [-0.4, -0.2) is 13.0 Å². The SMILES string of the molecule is CCCCN(C=O)c1ccccc1C. The minimum absolute atomic E-state index is 0.810. The first-order valence-corrected chi connectivity index (χ1v) is 5.07. The van der Waals surface area contributed by atoms with Crippen LogP contribution in [0.25, 0.3) is 0 Å². The lowest BCUT2D eigenvalue weighted by atomic mass is 10.2. The van der Waals surface area contributed by atoms with E-state index < -0.39 is 0 Å². The van der Waals surface area contributed by atoms with Gasteiger partial charge in [0.05, 0.1) is 0 Å². The highest BCUT2D eigenvalue weighted by Gasteiger charge is 2.05. The largest absolute Gasteiger partial charge is 0.315 e. The molecule has 0 aromatic heterocycles. The second-order valence-electron chi connectivity index (χ2n) is 3.44. The predicted molar refractivity (Wildman–Crippen MR) is 59.5 cm³/mol. The Morgan fingerprint density at radius 3 is 2.64 bits per heavy atom. The highest BCUT2D eigenvalue weighted by molar-refractivity contribution is 5.76. The van der Waals surface area contributed by atoms with Crippen LogP contribution in [0.2, 0.25) is 0 Å². The normalized spacial score (nSPS) is 9.86. The number of anilines is 1. The van der Waals surface area contributed by atoms with Gasteiger partial charge in [-0.2, -0.15) is 0 Å². The summed E-state index contributed by atoms with van der Waals surface area (Å²) in [6.45, 7) is 4.96. The lowest BCUT2D eigenvalue weighted by Gasteiger charge is -2.18. The zero-order chi connectivity index (χ0) is 10.4. The molecule has 0 aliphatic heterocycles. The van der Waals surface area contributed by atoms with Crippen molar-refractivity contribution in [2.24, 2.45) is 0 Å². The van der Waals surface area contributed by atoms with Gasteiger partial charge in [0.25, 0.3) is 0 Å². The summed E-state index contributed by atoms with van der Waals surface area (Å²) in [5.74, 6) is 0. The molecule has 1 aromatic carbocycles. The molecule has 0 N–H and O–H groups in total. The molecule has 0 bridgehead atoms. The van der Waals surface area contributed by atoms with E-state index in [-0.39, 0.29) is 0 Å². The molecule has 0 aliphatic carbocycles. The molecule has 0 saturated carbocycles. The van der Waals surface area contributed by atoms with E-state index in [4.69, 9.17) is 0 Å². The molecule has 0 spiro atoms. The van der Waals surface area contributed by atoms with E-state index in [1.165, 1.54) is 0 Å². The Hall–Kier alpha value is -1.31. The van der Waals surface area contributed by atoms with Crippen LogP contribution < -0.4 is 4.90 Å². The lowest BCUT2D eigenvalue weighted by Crippen LogP contribution is -2.22. The van der Waals surface area contributed by atoms with Crippen LogP contribution in [0.15, 0.2) is 24.3 Å². The summed E-state index contributed by atoms with van der Waals surface area (Å²) >= 11 is 0. The fourth-order valence-corrected chi connectivity index (χ4v) is 1.44. The molecular weight excluding hydrogens is 174 g/mol. The average molecular weight is 191 g/mol. The van der Waals surface area contributed by atoms with Gasteiger partial charge in [0, 0.05) is 12.2 Å². The summed E-state index contributed by atoms with van der Waals surface area (Å²) in [5.41, 5.74) is 2.17. The van der Waals surface area contributed by atoms with Gasteiger partial charge in [0.15, 0.2) is 0 Å². The Labute approximate surface area is 85.5 Å². The first-order chi connectivity index (χ1) is 6.79. The monoisotopic (exact) mass is 191 g/mol. The molecule has 0 unspecified atom stereocenters. The molecule has 0 fully saturated rings. The number of unbranched alkanes of at least 4 members (excludes halogenated alkanes) is 1. The third-order valence-corrected chi connectivity index (χ3v) is 2.30. The molecule has 0 aliphatic rings. The number of benzene rings is 1. The highest BCUT2D eigenvalue weighted by atomic mass is 16.1. The van der Waals surface area contributed by atoms with Crippen LogP contribution in [0, 0.1) is 6.92 Å². The molecule has 2 heteroatoms. The zero-order valence-corrected chi connectivity index (χ0v) is 8.86. The third kappa shape index (κ3) is 2.59. The van der Waals surface area contributed by atoms with E-state index in [1.54, 1.807) is 4.90 Å². The molecule has 14 heavy (non-hydrogen) atoms. The summed E-state index contributed by atoms with van der Waals surface area (Å²) in [6.07, 6.45) is 3.07. The minimum Gasteiger partial charge on any atom is -0.315 e. The molecule has 1 aromatic rings. The first kappa shape index (κ1) is 10.8. The average Bonchev–Trinajstić information content (AvgIpc) is 2.21. The van der Waals surface area contributed by atoms with Crippen LogP contribution in [0.3, 0.4) is 0 Å². The second kappa shape index (κ2) is 5.43. The molecule has 0 heterocycles. The van der Waals surface area contributed by atoms with E-state index in [1.807, 2.05) is 31.2 Å². The standard InChI is InChI=1S/C12H17NO/c1-3-4-9-13(10-14)12-8-6-5-7-11(12)2/h5-8,10H,3-4,9H2,1-2H3. The van der Waals surface area contributed by atoms with E-state index in [0.717, 1.165) is 37.0 Å². The number of aryl methyl sites for hydroxylation is 1. The first-order valence-electron chi connectivity index (χ1n) is 5.07. The summed E-state index contributed by atoms with van der Waals surface area (Å²) < 4.78 is 0. The number of amides is 1. The quantitative estimate of drug-likeness (QED) is 0.655. The topological polar surface area (TPSA) is 20.3 Å². The van der Waals surface area contributed by atoms with Crippen molar-refractivity contribution >= 4 is 12.1 Å². The van der Waals surface area contributed by atoms with Crippen LogP contribution in [-0.2, 0) is 4.79 Å². The maximum Gasteiger partial charge on any atom is 0.214 e. The van der Waals surface area contributed by atoms with Crippen molar-refractivity contribution in [2.45, 2.75) is 26.7 Å². The van der Waals surface area contributed by atoms with Gasteiger partial charge in [-0.15, -0.1) is 0 Å². The number of rotatable bonds is 5. The van der Waals surface area contributed by atoms with E-state index in [0.29, 0.717) is 0 Å². The van der Waals surface area contributed by atoms with Crippen molar-refractivity contribution in [3.63, 3.8) is 0 Å². The van der Waals surface area contributed by atoms with E-state index >= 15 is 0 Å². The number of hydrogen-bond donors (Lipinski definition) is 0. The molecule has 2 nitrogen and oxygen atoms in total. The maximum absolute atomic E-state index is 10.9. The molecule has 1 amide bonds. The van der Waals surface area contributed by atoms with Gasteiger partial charge in [-0.05, 0) is 25.0 Å². The fraction of sp³-hybridized carbons (Fsp3) is 0.417. The Balaban J connectivity index is 2.78. The second-order valence-corrected chi connectivity index (χ2v) is 3.44. The van der Waals surface area contributed by atoms with Gasteiger partial charge in [-0.1, -0.05) is 31.5 Å². The van der Waals surface area contributed by atoms with Crippen molar-refractivity contribution < 1.29 is 4.79 Å². The van der Waals surface area contributed by atoms with Crippen LogP contribution in [0.1, 0.15) is 25.3 Å². The minimum atomic E-state index is 0.810. The third-order valence-electron chi connectivity index (χ3n) is 2.30. The van der Waals surface area contributed by atoms with Gasteiger partial charge in [0.1, 0.15) is 0 Å². The molecule has 0 saturated heterocycles. The molecular formula is C12H17NO. The summed E-state index contributed by atoms with van der Waals surface area (Å²) in [7, 11) is 0. The number of carbonyl (C=O) groups is 1. The Kier molecular flexibility index (Phi) is 4.17. The number of hydrogen-bond acceptors (Lipinski definition) is 1. The van der Waals surface area contributed by atoms with Crippen LogP contribution >= 0.6 is 0 Å². The number of para-hydroxylation sites is 1. The fourth-order valence-electron chi connectivity index (χ4n) is 1.44. The van der Waals surface area contributed by atoms with Gasteiger partial charge in [-0.25, -0.2) is 0 Å². The Morgan fingerprint density at radius 1 is 1.36 bits per heavy atom. The number of nitrogens with zero attached hydrogens (tertiary/aromatic N) is 1. The van der Waals surface area contributed by atoms with Crippen molar-refractivity contribution in [2.75, 3.05) is 11.4 Å². The van der Waals surface area contributed by atoms with Crippen molar-refractivity contribution in [1.29, 1.82) is 0 Å². The predicted octanol–water partition coefficient (Wildman–Crippen LogP) is 2.76. The Morgan fingerprint density at radius 2 is 2.07 bits per heavy atom. The maximum atomic E-state index is 10.9. The zero-order valence-electron chi connectivity index (χ0n) is 8.86. The van der Waals surface area contributed by atoms with Crippen molar-refractivity contribution in [3.05, 3.63) is 29.8 Å². The van der Waals surface area contributed by atoms with Crippen LogP contribution in [0.4, 0.5) is 5.69 Å². The summed E-state index contributed by atoms with van der Waals surface area (Å²) in [4.78, 5) is 12.7. The van der Waals surface area contributed by atoms with Gasteiger partial charge < -0.3 is 4.90 Å². The molecule has 0 radical (unpaired) electrons. The molecule has 76 valence electrons. The summed E-state index contributed by atoms with van der Waals surface area (Å²) in [5, 5.41) is 0. The van der Waals surface area contributed by atoms with Gasteiger partial charge in [-0.3, -0.25) is 4.79 Å². The Bertz CT molecular complexity index is 296. The van der Waals surface area contributed by atoms with Gasteiger partial charge in [0.2, 0.25) is 6.41 Å². The summed E-state index contributed by atoms with van der Waals surface area (Å²) in [6, 6.07) is 7.96. The number of carbonyl (C=O) groups excluding carboxylic acids is 1. The van der Waals surface area contributed by atoms with Gasteiger partial charge >= 0.3 is 0 Å². The van der Waals surface area contributed by atoms with E-state index in [9.17, 15) is 4.79 Å². The smallest absolute Gasteiger partial charge is 0.214 e.